The first-order valence-corrected chi connectivity index (χ1v) is 17.7. The predicted octanol–water partition coefficient (Wildman–Crippen LogP) is 10.2. The van der Waals surface area contributed by atoms with Crippen LogP contribution in [0.15, 0.2) is 0 Å². The van der Waals surface area contributed by atoms with Crippen molar-refractivity contribution in [2.75, 3.05) is 6.61 Å². The fraction of sp³-hybridized carbons (Fsp3) is 0.971. The van der Waals surface area contributed by atoms with E-state index in [9.17, 15) is 15.0 Å². The van der Waals surface area contributed by atoms with Gasteiger partial charge in [-0.3, -0.25) is 4.79 Å². The molecular weight excluding hydrogens is 482 g/mol. The molecule has 0 heterocycles. The van der Waals surface area contributed by atoms with Crippen LogP contribution < -0.4 is 5.32 Å². The molecule has 0 aromatic carbocycles. The monoisotopic (exact) mass is 554 g/mol. The minimum Gasteiger partial charge on any atom is -0.394 e. The molecule has 234 valence electrons. The van der Waals surface area contributed by atoms with Gasteiger partial charge in [0, 0.05) is 6.42 Å². The van der Waals surface area contributed by atoms with Crippen molar-refractivity contribution >= 4 is 5.91 Å². The molecule has 0 saturated heterocycles. The number of nitrogens with one attached hydrogen (secondary N) is 1. The fourth-order valence-corrected chi connectivity index (χ4v) is 5.59. The summed E-state index contributed by atoms with van der Waals surface area (Å²) in [6.45, 7) is 4.35. The van der Waals surface area contributed by atoms with E-state index in [1.165, 1.54) is 148 Å². The standard InChI is InChI=1S/C35H71NO3/c1-3-5-7-9-11-13-15-16-17-18-19-21-22-24-26-28-30-34(38)33(32-37)36-35(39)31-29-27-25-23-20-14-12-10-8-6-4-2/h33-34,37-38H,3-32H2,1-2H3,(H,36,39). The summed E-state index contributed by atoms with van der Waals surface area (Å²) in [6.07, 6.45) is 35.8. The Morgan fingerprint density at radius 2 is 0.821 bits per heavy atom. The van der Waals surface area contributed by atoms with E-state index in [-0.39, 0.29) is 12.5 Å². The second kappa shape index (κ2) is 31.9. The van der Waals surface area contributed by atoms with Gasteiger partial charge in [0.25, 0.3) is 0 Å². The Labute approximate surface area is 244 Å². The van der Waals surface area contributed by atoms with E-state index in [0.29, 0.717) is 12.8 Å². The summed E-state index contributed by atoms with van der Waals surface area (Å²) < 4.78 is 0. The highest BCUT2D eigenvalue weighted by molar-refractivity contribution is 5.76. The lowest BCUT2D eigenvalue weighted by atomic mass is 10.0. The number of carbonyl (C=O) groups is 1. The van der Waals surface area contributed by atoms with Gasteiger partial charge in [0.15, 0.2) is 0 Å². The highest BCUT2D eigenvalue weighted by Gasteiger charge is 2.19. The highest BCUT2D eigenvalue weighted by atomic mass is 16.3. The van der Waals surface area contributed by atoms with Gasteiger partial charge in [0.2, 0.25) is 5.91 Å². The summed E-state index contributed by atoms with van der Waals surface area (Å²) in [4.78, 5) is 12.3. The van der Waals surface area contributed by atoms with E-state index >= 15 is 0 Å². The molecular formula is C35H71NO3. The Balaban J connectivity index is 3.52. The van der Waals surface area contributed by atoms with Gasteiger partial charge in [0.05, 0.1) is 18.8 Å². The maximum absolute atomic E-state index is 12.3. The number of aliphatic hydroxyl groups excluding tert-OH is 2. The summed E-state index contributed by atoms with van der Waals surface area (Å²) in [7, 11) is 0. The van der Waals surface area contributed by atoms with Crippen molar-refractivity contribution in [3.8, 4) is 0 Å². The molecule has 0 saturated carbocycles. The van der Waals surface area contributed by atoms with Crippen LogP contribution in [0.1, 0.15) is 200 Å². The molecule has 0 spiro atoms. The van der Waals surface area contributed by atoms with Crippen molar-refractivity contribution in [3.05, 3.63) is 0 Å². The molecule has 1 amide bonds. The van der Waals surface area contributed by atoms with Crippen LogP contribution in [0.4, 0.5) is 0 Å². The number of hydrogen-bond donors (Lipinski definition) is 3. The number of aliphatic hydroxyl groups is 2. The van der Waals surface area contributed by atoms with Crippen LogP contribution in [0.2, 0.25) is 0 Å². The van der Waals surface area contributed by atoms with Crippen molar-refractivity contribution in [2.24, 2.45) is 0 Å². The molecule has 4 nitrogen and oxygen atoms in total. The molecule has 0 rings (SSSR count). The quantitative estimate of drug-likeness (QED) is 0.0726. The first-order chi connectivity index (χ1) is 19.2. The molecule has 0 radical (unpaired) electrons. The summed E-state index contributed by atoms with van der Waals surface area (Å²) in [5.41, 5.74) is 0. The SMILES string of the molecule is CCCCCCCCCCCCCCCCCCC(O)C(CO)NC(=O)CCCCCCCCCCCCC. The molecule has 0 aliphatic rings. The van der Waals surface area contributed by atoms with E-state index in [4.69, 9.17) is 0 Å². The number of unbranched alkanes of at least 4 members (excludes halogenated alkanes) is 25. The lowest BCUT2D eigenvalue weighted by Gasteiger charge is -2.22. The smallest absolute Gasteiger partial charge is 0.220 e. The third-order valence-electron chi connectivity index (χ3n) is 8.37. The molecule has 39 heavy (non-hydrogen) atoms. The largest absolute Gasteiger partial charge is 0.394 e. The van der Waals surface area contributed by atoms with Gasteiger partial charge >= 0.3 is 0 Å². The number of hydrogen-bond acceptors (Lipinski definition) is 3. The zero-order chi connectivity index (χ0) is 28.7. The molecule has 0 bridgehead atoms. The van der Waals surface area contributed by atoms with E-state index in [1.54, 1.807) is 0 Å². The summed E-state index contributed by atoms with van der Waals surface area (Å²) >= 11 is 0. The molecule has 0 fully saturated rings. The van der Waals surface area contributed by atoms with Crippen LogP contribution in [0.3, 0.4) is 0 Å². The van der Waals surface area contributed by atoms with Gasteiger partial charge in [0.1, 0.15) is 0 Å². The molecule has 0 aromatic rings. The summed E-state index contributed by atoms with van der Waals surface area (Å²) in [5, 5.41) is 23.0. The number of carbonyl (C=O) groups excluding carboxylic acids is 1. The van der Waals surface area contributed by atoms with E-state index in [0.717, 1.165) is 25.7 Å². The Bertz CT molecular complexity index is 485. The van der Waals surface area contributed by atoms with E-state index in [2.05, 4.69) is 19.2 Å². The van der Waals surface area contributed by atoms with Crippen molar-refractivity contribution < 1.29 is 15.0 Å². The van der Waals surface area contributed by atoms with E-state index < -0.39 is 12.1 Å². The number of amides is 1. The second-order valence-electron chi connectivity index (χ2n) is 12.3. The zero-order valence-corrected chi connectivity index (χ0v) is 26.7. The fourth-order valence-electron chi connectivity index (χ4n) is 5.59. The third-order valence-corrected chi connectivity index (χ3v) is 8.37. The van der Waals surface area contributed by atoms with Crippen molar-refractivity contribution in [2.45, 2.75) is 212 Å². The number of rotatable bonds is 32. The Morgan fingerprint density at radius 1 is 0.513 bits per heavy atom. The van der Waals surface area contributed by atoms with Crippen LogP contribution in [-0.4, -0.2) is 34.9 Å². The second-order valence-corrected chi connectivity index (χ2v) is 12.3. The molecule has 3 N–H and O–H groups in total. The maximum atomic E-state index is 12.3. The van der Waals surface area contributed by atoms with Crippen molar-refractivity contribution in [1.29, 1.82) is 0 Å². The average molecular weight is 554 g/mol. The van der Waals surface area contributed by atoms with Crippen molar-refractivity contribution in [3.63, 3.8) is 0 Å². The molecule has 0 aliphatic carbocycles. The Morgan fingerprint density at radius 3 is 1.15 bits per heavy atom. The molecule has 2 atom stereocenters. The Kier molecular flexibility index (Phi) is 31.4. The van der Waals surface area contributed by atoms with Crippen LogP contribution in [0.25, 0.3) is 0 Å². The predicted molar refractivity (Wildman–Crippen MR) is 170 cm³/mol. The van der Waals surface area contributed by atoms with Gasteiger partial charge in [-0.25, -0.2) is 0 Å². The van der Waals surface area contributed by atoms with Gasteiger partial charge in [-0.05, 0) is 12.8 Å². The maximum Gasteiger partial charge on any atom is 0.220 e. The normalized spacial score (nSPS) is 13.0. The molecule has 4 heteroatoms. The molecule has 0 aliphatic heterocycles. The molecule has 0 aromatic heterocycles. The minimum absolute atomic E-state index is 0.0315. The van der Waals surface area contributed by atoms with Crippen LogP contribution in [0, 0.1) is 0 Å². The minimum atomic E-state index is -0.650. The van der Waals surface area contributed by atoms with Gasteiger partial charge in [-0.15, -0.1) is 0 Å². The lowest BCUT2D eigenvalue weighted by Crippen LogP contribution is -2.45. The summed E-state index contributed by atoms with van der Waals surface area (Å²) in [6, 6.07) is -0.526. The van der Waals surface area contributed by atoms with Gasteiger partial charge < -0.3 is 15.5 Å². The first kappa shape index (κ1) is 38.4. The Hall–Kier alpha value is -0.610. The topological polar surface area (TPSA) is 69.6 Å². The van der Waals surface area contributed by atoms with E-state index in [1.807, 2.05) is 0 Å². The van der Waals surface area contributed by atoms with Gasteiger partial charge in [-0.1, -0.05) is 181 Å². The lowest BCUT2D eigenvalue weighted by molar-refractivity contribution is -0.123. The van der Waals surface area contributed by atoms with Crippen LogP contribution in [0.5, 0.6) is 0 Å². The van der Waals surface area contributed by atoms with Crippen LogP contribution >= 0.6 is 0 Å². The first-order valence-electron chi connectivity index (χ1n) is 17.7. The van der Waals surface area contributed by atoms with Crippen molar-refractivity contribution in [1.82, 2.24) is 5.32 Å². The molecule has 2 unspecified atom stereocenters. The zero-order valence-electron chi connectivity index (χ0n) is 26.7. The van der Waals surface area contributed by atoms with Crippen LogP contribution in [-0.2, 0) is 4.79 Å². The summed E-state index contributed by atoms with van der Waals surface area (Å²) in [5.74, 6) is -0.0315. The van der Waals surface area contributed by atoms with Gasteiger partial charge in [-0.2, -0.15) is 0 Å². The third kappa shape index (κ3) is 28.7. The highest BCUT2D eigenvalue weighted by Crippen LogP contribution is 2.15. The average Bonchev–Trinajstić information content (AvgIpc) is 2.94.